The van der Waals surface area contributed by atoms with Gasteiger partial charge in [-0.2, -0.15) is 0 Å². The molecule has 1 rings (SSSR count). The van der Waals surface area contributed by atoms with E-state index in [9.17, 15) is 24.9 Å². The lowest BCUT2D eigenvalue weighted by Crippen LogP contribution is -2.61. The van der Waals surface area contributed by atoms with Crippen molar-refractivity contribution in [2.24, 2.45) is 0 Å². The smallest absolute Gasteiger partial charge is 0.337 e. The second-order valence-corrected chi connectivity index (χ2v) is 3.53. The zero-order valence-corrected chi connectivity index (χ0v) is 9.27. The van der Waals surface area contributed by atoms with Crippen molar-refractivity contribution in [1.82, 2.24) is 0 Å². The standard InChI is InChI=1S/C9H14O8/c1-3(10)16-7-5(12)4(11)6(8(13)15-2)17-9(7)14/h4-7,9,11-12,14H,1-2H3/t4-,5-,6-,7+,9+/m0/s1. The normalized spacial score (nSPS) is 37.4. The number of methoxy groups -OCH3 is 1. The molecule has 8 heteroatoms. The molecule has 17 heavy (non-hydrogen) atoms. The maximum atomic E-state index is 11.2. The van der Waals surface area contributed by atoms with Crippen LogP contribution >= 0.6 is 0 Å². The molecular weight excluding hydrogens is 236 g/mol. The Labute approximate surface area is 96.7 Å². The molecule has 1 aliphatic heterocycles. The van der Waals surface area contributed by atoms with Gasteiger partial charge in [0.1, 0.15) is 12.2 Å². The first-order valence-electron chi connectivity index (χ1n) is 4.83. The molecule has 0 aromatic rings. The van der Waals surface area contributed by atoms with Gasteiger partial charge in [0.2, 0.25) is 0 Å². The molecule has 1 saturated heterocycles. The highest BCUT2D eigenvalue weighted by Gasteiger charge is 2.49. The summed E-state index contributed by atoms with van der Waals surface area (Å²) in [6.07, 6.45) is -8.01. The molecule has 0 spiro atoms. The maximum Gasteiger partial charge on any atom is 0.337 e. The summed E-state index contributed by atoms with van der Waals surface area (Å²) in [5.74, 6) is -1.71. The summed E-state index contributed by atoms with van der Waals surface area (Å²) >= 11 is 0. The van der Waals surface area contributed by atoms with Crippen molar-refractivity contribution in [3.05, 3.63) is 0 Å². The van der Waals surface area contributed by atoms with E-state index in [0.29, 0.717) is 0 Å². The molecule has 3 N–H and O–H groups in total. The van der Waals surface area contributed by atoms with Crippen molar-refractivity contribution in [3.63, 3.8) is 0 Å². The summed E-state index contributed by atoms with van der Waals surface area (Å²) in [4.78, 5) is 21.9. The largest absolute Gasteiger partial charge is 0.467 e. The van der Waals surface area contributed by atoms with Gasteiger partial charge in [-0.25, -0.2) is 4.79 Å². The maximum absolute atomic E-state index is 11.2. The van der Waals surface area contributed by atoms with Crippen LogP contribution in [-0.2, 0) is 23.8 Å². The highest BCUT2D eigenvalue weighted by Crippen LogP contribution is 2.23. The first-order valence-corrected chi connectivity index (χ1v) is 4.83. The molecule has 0 aromatic heterocycles. The van der Waals surface area contributed by atoms with E-state index in [1.165, 1.54) is 0 Å². The van der Waals surface area contributed by atoms with Crippen LogP contribution in [-0.4, -0.2) is 65.1 Å². The fraction of sp³-hybridized carbons (Fsp3) is 0.778. The second kappa shape index (κ2) is 5.41. The van der Waals surface area contributed by atoms with E-state index in [1.807, 2.05) is 0 Å². The Morgan fingerprint density at radius 3 is 2.24 bits per heavy atom. The number of rotatable bonds is 2. The molecular formula is C9H14O8. The average molecular weight is 250 g/mol. The Bertz CT molecular complexity index is 303. The van der Waals surface area contributed by atoms with Crippen LogP contribution in [0.1, 0.15) is 6.92 Å². The van der Waals surface area contributed by atoms with Crippen LogP contribution in [0.5, 0.6) is 0 Å². The fourth-order valence-corrected chi connectivity index (χ4v) is 1.48. The first-order chi connectivity index (χ1) is 7.88. The summed E-state index contributed by atoms with van der Waals surface area (Å²) < 4.78 is 13.6. The summed E-state index contributed by atoms with van der Waals surface area (Å²) in [6.45, 7) is 1.07. The van der Waals surface area contributed by atoms with E-state index in [2.05, 4.69) is 9.47 Å². The summed E-state index contributed by atoms with van der Waals surface area (Å²) in [7, 11) is 1.06. The second-order valence-electron chi connectivity index (χ2n) is 3.53. The van der Waals surface area contributed by atoms with Gasteiger partial charge in [-0.3, -0.25) is 4.79 Å². The van der Waals surface area contributed by atoms with Crippen LogP contribution in [0.4, 0.5) is 0 Å². The van der Waals surface area contributed by atoms with Gasteiger partial charge < -0.3 is 29.5 Å². The van der Waals surface area contributed by atoms with Crippen molar-refractivity contribution in [1.29, 1.82) is 0 Å². The van der Waals surface area contributed by atoms with Crippen LogP contribution in [0.3, 0.4) is 0 Å². The minimum absolute atomic E-state index is 0.764. The third kappa shape index (κ3) is 2.91. The molecule has 0 radical (unpaired) electrons. The molecule has 98 valence electrons. The first kappa shape index (κ1) is 13.8. The van der Waals surface area contributed by atoms with Crippen LogP contribution in [0.2, 0.25) is 0 Å². The van der Waals surface area contributed by atoms with Gasteiger partial charge in [-0.15, -0.1) is 0 Å². The molecule has 0 aromatic carbocycles. The Morgan fingerprint density at radius 1 is 1.18 bits per heavy atom. The van der Waals surface area contributed by atoms with E-state index in [4.69, 9.17) is 4.74 Å². The lowest BCUT2D eigenvalue weighted by molar-refractivity contribution is -0.284. The molecule has 1 heterocycles. The van der Waals surface area contributed by atoms with Gasteiger partial charge in [0.15, 0.2) is 18.5 Å². The number of carbonyl (C=O) groups is 2. The molecule has 0 aliphatic carbocycles. The lowest BCUT2D eigenvalue weighted by Gasteiger charge is -2.38. The predicted octanol–water partition coefficient (Wildman–Crippen LogP) is -2.47. The van der Waals surface area contributed by atoms with Crippen molar-refractivity contribution < 1.29 is 39.1 Å². The number of aliphatic hydroxyl groups is 3. The third-order valence-electron chi connectivity index (χ3n) is 2.30. The van der Waals surface area contributed by atoms with Crippen LogP contribution in [0.15, 0.2) is 0 Å². The zero-order valence-electron chi connectivity index (χ0n) is 9.27. The number of hydrogen-bond donors (Lipinski definition) is 3. The van der Waals surface area contributed by atoms with Crippen molar-refractivity contribution in [2.45, 2.75) is 37.6 Å². The van der Waals surface area contributed by atoms with E-state index < -0.39 is 42.6 Å². The fourth-order valence-electron chi connectivity index (χ4n) is 1.48. The van der Waals surface area contributed by atoms with Crippen molar-refractivity contribution in [3.8, 4) is 0 Å². The zero-order chi connectivity index (χ0) is 13.2. The highest BCUT2D eigenvalue weighted by molar-refractivity contribution is 5.75. The van der Waals surface area contributed by atoms with E-state index >= 15 is 0 Å². The number of hydrogen-bond acceptors (Lipinski definition) is 8. The number of ether oxygens (including phenoxy) is 3. The van der Waals surface area contributed by atoms with Crippen molar-refractivity contribution in [2.75, 3.05) is 7.11 Å². The molecule has 0 bridgehead atoms. The highest BCUT2D eigenvalue weighted by atomic mass is 16.7. The van der Waals surface area contributed by atoms with Gasteiger partial charge in [-0.05, 0) is 0 Å². The number of carbonyl (C=O) groups excluding carboxylic acids is 2. The number of esters is 2. The molecule has 5 atom stereocenters. The van der Waals surface area contributed by atoms with Gasteiger partial charge in [0, 0.05) is 6.92 Å². The van der Waals surface area contributed by atoms with Crippen molar-refractivity contribution >= 4 is 11.9 Å². The molecule has 8 nitrogen and oxygen atoms in total. The average Bonchev–Trinajstić information content (AvgIpc) is 2.28. The Kier molecular flexibility index (Phi) is 4.40. The van der Waals surface area contributed by atoms with Crippen LogP contribution in [0, 0.1) is 0 Å². The topological polar surface area (TPSA) is 123 Å². The van der Waals surface area contributed by atoms with Gasteiger partial charge >= 0.3 is 11.9 Å². The summed E-state index contributed by atoms with van der Waals surface area (Å²) in [6, 6.07) is 0. The summed E-state index contributed by atoms with van der Waals surface area (Å²) in [5.41, 5.74) is 0. The summed E-state index contributed by atoms with van der Waals surface area (Å²) in [5, 5.41) is 28.6. The quantitative estimate of drug-likeness (QED) is 0.461. The molecule has 1 aliphatic rings. The Balaban J connectivity index is 2.79. The van der Waals surface area contributed by atoms with Gasteiger partial charge in [-0.1, -0.05) is 0 Å². The molecule has 0 amide bonds. The van der Waals surface area contributed by atoms with Gasteiger partial charge in [0.05, 0.1) is 7.11 Å². The van der Waals surface area contributed by atoms with Gasteiger partial charge in [0.25, 0.3) is 0 Å². The minimum Gasteiger partial charge on any atom is -0.467 e. The Hall–Kier alpha value is -1.22. The monoisotopic (exact) mass is 250 g/mol. The molecule has 0 saturated carbocycles. The molecule has 1 fully saturated rings. The van der Waals surface area contributed by atoms with Crippen LogP contribution in [0.25, 0.3) is 0 Å². The van der Waals surface area contributed by atoms with E-state index in [-0.39, 0.29) is 0 Å². The Morgan fingerprint density at radius 2 is 1.76 bits per heavy atom. The third-order valence-corrected chi connectivity index (χ3v) is 2.30. The lowest BCUT2D eigenvalue weighted by atomic mass is 9.99. The van der Waals surface area contributed by atoms with Crippen LogP contribution < -0.4 is 0 Å². The predicted molar refractivity (Wildman–Crippen MR) is 50.5 cm³/mol. The molecule has 0 unspecified atom stereocenters. The van der Waals surface area contributed by atoms with E-state index in [0.717, 1.165) is 14.0 Å². The number of aliphatic hydroxyl groups excluding tert-OH is 3. The van der Waals surface area contributed by atoms with E-state index in [1.54, 1.807) is 0 Å². The SMILES string of the molecule is COC(=O)[C@H]1O[C@@H](O)[C@H](OC(C)=O)[C@@H](O)[C@@H]1O. The minimum atomic E-state index is -1.72.